The third-order valence-corrected chi connectivity index (χ3v) is 4.03. The van der Waals surface area contributed by atoms with Gasteiger partial charge in [0.15, 0.2) is 11.5 Å². The predicted molar refractivity (Wildman–Crippen MR) is 94.7 cm³/mol. The first-order valence-electron chi connectivity index (χ1n) is 8.71. The Balaban J connectivity index is 2.56. The van der Waals surface area contributed by atoms with Gasteiger partial charge < -0.3 is 24.8 Å². The van der Waals surface area contributed by atoms with Crippen LogP contribution in [-0.2, 0) is 16.0 Å². The first kappa shape index (κ1) is 21.3. The summed E-state index contributed by atoms with van der Waals surface area (Å²) in [7, 11) is 1.49. The van der Waals surface area contributed by atoms with Crippen LogP contribution >= 0.6 is 0 Å². The molecule has 0 aliphatic rings. The summed E-state index contributed by atoms with van der Waals surface area (Å²) in [6.07, 6.45) is 2.18. The van der Waals surface area contributed by atoms with E-state index >= 15 is 0 Å². The van der Waals surface area contributed by atoms with Crippen molar-refractivity contribution in [3.05, 3.63) is 23.8 Å². The van der Waals surface area contributed by atoms with Crippen molar-refractivity contribution in [2.75, 3.05) is 7.11 Å². The molecule has 6 nitrogen and oxygen atoms in total. The minimum atomic E-state index is -0.572. The van der Waals surface area contributed by atoms with Gasteiger partial charge in [-0.05, 0) is 56.7 Å². The number of aryl methyl sites for hydroxylation is 1. The molecule has 0 aliphatic carbocycles. The Kier molecular flexibility index (Phi) is 9.31. The van der Waals surface area contributed by atoms with E-state index in [2.05, 4.69) is 0 Å². The Hall–Kier alpha value is -1.79. The van der Waals surface area contributed by atoms with Crippen LogP contribution in [0.4, 0.5) is 0 Å². The molecule has 0 bridgehead atoms. The highest BCUT2D eigenvalue weighted by Crippen LogP contribution is 2.27. The lowest BCUT2D eigenvalue weighted by Gasteiger charge is -2.20. The molecule has 0 aromatic heterocycles. The smallest absolute Gasteiger partial charge is 0.302 e. The van der Waals surface area contributed by atoms with Crippen LogP contribution in [0.1, 0.15) is 51.5 Å². The standard InChI is InChI=1S/C19H30O6/c1-13(20)5-4-6-16(22)12-17(25-14(2)21)9-7-15-8-10-18(23)19(11-15)24-3/h8,10-11,13,16-17,20,22-23H,4-7,9,12H2,1-3H3. The Morgan fingerprint density at radius 2 is 1.92 bits per heavy atom. The molecule has 0 radical (unpaired) electrons. The van der Waals surface area contributed by atoms with Crippen molar-refractivity contribution in [2.45, 2.75) is 70.7 Å². The topological polar surface area (TPSA) is 96.2 Å². The minimum Gasteiger partial charge on any atom is -0.504 e. The molecule has 0 fully saturated rings. The van der Waals surface area contributed by atoms with E-state index in [1.807, 2.05) is 0 Å². The second kappa shape index (κ2) is 10.9. The zero-order valence-corrected chi connectivity index (χ0v) is 15.3. The van der Waals surface area contributed by atoms with Gasteiger partial charge in [0.1, 0.15) is 6.10 Å². The van der Waals surface area contributed by atoms with Gasteiger partial charge in [-0.1, -0.05) is 6.07 Å². The number of hydrogen-bond donors (Lipinski definition) is 3. The van der Waals surface area contributed by atoms with Gasteiger partial charge in [0.05, 0.1) is 19.3 Å². The van der Waals surface area contributed by atoms with Crippen LogP contribution < -0.4 is 4.74 Å². The number of methoxy groups -OCH3 is 1. The van der Waals surface area contributed by atoms with Crippen LogP contribution in [-0.4, -0.2) is 46.7 Å². The summed E-state index contributed by atoms with van der Waals surface area (Å²) in [6.45, 7) is 3.08. The highest BCUT2D eigenvalue weighted by molar-refractivity contribution is 5.66. The van der Waals surface area contributed by atoms with Gasteiger partial charge in [-0.15, -0.1) is 0 Å². The SMILES string of the molecule is COc1cc(CCC(CC(O)CCCC(C)O)OC(C)=O)ccc1O. The summed E-state index contributed by atoms with van der Waals surface area (Å²) in [4.78, 5) is 11.3. The molecule has 0 spiro atoms. The normalized spacial score (nSPS) is 14.6. The third-order valence-electron chi connectivity index (χ3n) is 4.03. The minimum absolute atomic E-state index is 0.0799. The number of phenolic OH excluding ortho intramolecular Hbond substituents is 1. The zero-order valence-electron chi connectivity index (χ0n) is 15.3. The van der Waals surface area contributed by atoms with Crippen molar-refractivity contribution >= 4 is 5.97 Å². The maximum absolute atomic E-state index is 11.3. The van der Waals surface area contributed by atoms with E-state index < -0.39 is 6.10 Å². The second-order valence-corrected chi connectivity index (χ2v) is 6.45. The Labute approximate surface area is 149 Å². The van der Waals surface area contributed by atoms with Gasteiger partial charge in [-0.25, -0.2) is 0 Å². The molecule has 3 atom stereocenters. The van der Waals surface area contributed by atoms with Gasteiger partial charge in [-0.2, -0.15) is 0 Å². The summed E-state index contributed by atoms with van der Waals surface area (Å²) in [5.41, 5.74) is 0.954. The number of aliphatic hydroxyl groups excluding tert-OH is 2. The number of phenols is 1. The van der Waals surface area contributed by atoms with Crippen LogP contribution in [0.25, 0.3) is 0 Å². The molecule has 1 aromatic carbocycles. The predicted octanol–water partition coefficient (Wildman–Crippen LogP) is 2.57. The fourth-order valence-electron chi connectivity index (χ4n) is 2.73. The van der Waals surface area contributed by atoms with Crippen molar-refractivity contribution in [1.29, 1.82) is 0 Å². The van der Waals surface area contributed by atoms with E-state index in [-0.39, 0.29) is 23.9 Å². The fourth-order valence-corrected chi connectivity index (χ4v) is 2.73. The monoisotopic (exact) mass is 354 g/mol. The van der Waals surface area contributed by atoms with Crippen molar-refractivity contribution in [2.24, 2.45) is 0 Å². The number of ether oxygens (including phenoxy) is 2. The first-order chi connectivity index (χ1) is 11.8. The summed E-state index contributed by atoms with van der Waals surface area (Å²) >= 11 is 0. The zero-order chi connectivity index (χ0) is 18.8. The maximum atomic E-state index is 11.3. The van der Waals surface area contributed by atoms with Gasteiger partial charge in [0.25, 0.3) is 0 Å². The van der Waals surface area contributed by atoms with Gasteiger partial charge in [0, 0.05) is 13.3 Å². The molecule has 6 heteroatoms. The number of hydrogen-bond acceptors (Lipinski definition) is 6. The largest absolute Gasteiger partial charge is 0.504 e. The highest BCUT2D eigenvalue weighted by Gasteiger charge is 2.18. The number of benzene rings is 1. The van der Waals surface area contributed by atoms with Crippen LogP contribution in [0.5, 0.6) is 11.5 Å². The second-order valence-electron chi connectivity index (χ2n) is 6.45. The van der Waals surface area contributed by atoms with Crippen LogP contribution in [0.3, 0.4) is 0 Å². The van der Waals surface area contributed by atoms with Crippen molar-refractivity contribution in [1.82, 2.24) is 0 Å². The van der Waals surface area contributed by atoms with Gasteiger partial charge >= 0.3 is 5.97 Å². The quantitative estimate of drug-likeness (QED) is 0.529. The Morgan fingerprint density at radius 1 is 1.20 bits per heavy atom. The molecule has 3 unspecified atom stereocenters. The average molecular weight is 354 g/mol. The third kappa shape index (κ3) is 8.74. The van der Waals surface area contributed by atoms with Crippen molar-refractivity contribution in [3.8, 4) is 11.5 Å². The molecule has 1 aromatic rings. The summed E-state index contributed by atoms with van der Waals surface area (Å²) in [6, 6.07) is 5.11. The Bertz CT molecular complexity index is 529. The van der Waals surface area contributed by atoms with E-state index in [0.717, 1.165) is 12.0 Å². The number of carbonyl (C=O) groups is 1. The molecule has 3 N–H and O–H groups in total. The molecule has 0 aliphatic heterocycles. The molecule has 0 heterocycles. The van der Waals surface area contributed by atoms with E-state index in [1.165, 1.54) is 14.0 Å². The molecule has 142 valence electrons. The van der Waals surface area contributed by atoms with Gasteiger partial charge in [-0.3, -0.25) is 4.79 Å². The van der Waals surface area contributed by atoms with Crippen LogP contribution in [0.15, 0.2) is 18.2 Å². The lowest BCUT2D eigenvalue weighted by molar-refractivity contribution is -0.148. The average Bonchev–Trinajstić information content (AvgIpc) is 2.52. The molecule has 1 rings (SSSR count). The molecule has 0 amide bonds. The lowest BCUT2D eigenvalue weighted by atomic mass is 9.99. The molecule has 0 saturated heterocycles. The van der Waals surface area contributed by atoms with Crippen molar-refractivity contribution < 1.29 is 29.6 Å². The molecule has 25 heavy (non-hydrogen) atoms. The summed E-state index contributed by atoms with van der Waals surface area (Å²) in [5, 5.41) is 29.0. The first-order valence-corrected chi connectivity index (χ1v) is 8.71. The van der Waals surface area contributed by atoms with Crippen LogP contribution in [0.2, 0.25) is 0 Å². The molecule has 0 saturated carbocycles. The number of aromatic hydroxyl groups is 1. The number of aliphatic hydroxyl groups is 2. The summed E-state index contributed by atoms with van der Waals surface area (Å²) < 4.78 is 10.4. The number of carbonyl (C=O) groups excluding carboxylic acids is 1. The molecular weight excluding hydrogens is 324 g/mol. The number of esters is 1. The van der Waals surface area contributed by atoms with E-state index in [9.17, 15) is 20.1 Å². The Morgan fingerprint density at radius 3 is 2.52 bits per heavy atom. The highest BCUT2D eigenvalue weighted by atomic mass is 16.5. The van der Waals surface area contributed by atoms with E-state index in [4.69, 9.17) is 9.47 Å². The van der Waals surface area contributed by atoms with E-state index in [1.54, 1.807) is 25.1 Å². The fraction of sp³-hybridized carbons (Fsp3) is 0.632. The number of rotatable bonds is 11. The van der Waals surface area contributed by atoms with Crippen molar-refractivity contribution in [3.63, 3.8) is 0 Å². The summed E-state index contributed by atoms with van der Waals surface area (Å²) in [5.74, 6) is 0.112. The van der Waals surface area contributed by atoms with Crippen LogP contribution in [0, 0.1) is 0 Å². The maximum Gasteiger partial charge on any atom is 0.302 e. The lowest BCUT2D eigenvalue weighted by Crippen LogP contribution is -2.24. The van der Waals surface area contributed by atoms with E-state index in [0.29, 0.717) is 37.9 Å². The molecular formula is C19H30O6. The van der Waals surface area contributed by atoms with Gasteiger partial charge in [0.2, 0.25) is 0 Å².